The highest BCUT2D eigenvalue weighted by molar-refractivity contribution is 5.69. The SMILES string of the molecule is Cc1ccc2nc(CNC3CC(N(CC(=O)O)CC4CC4)C3)cn2c1. The maximum Gasteiger partial charge on any atom is 0.317 e. The second kappa shape index (κ2) is 6.77. The van der Waals surface area contributed by atoms with E-state index >= 15 is 0 Å². The largest absolute Gasteiger partial charge is 0.480 e. The summed E-state index contributed by atoms with van der Waals surface area (Å²) in [6.45, 7) is 3.98. The van der Waals surface area contributed by atoms with Crippen LogP contribution in [0.1, 0.15) is 36.9 Å². The van der Waals surface area contributed by atoms with Crippen LogP contribution in [0.3, 0.4) is 0 Å². The highest BCUT2D eigenvalue weighted by Crippen LogP contribution is 2.33. The zero-order valence-electron chi connectivity index (χ0n) is 14.7. The van der Waals surface area contributed by atoms with E-state index in [9.17, 15) is 4.79 Å². The van der Waals surface area contributed by atoms with Gasteiger partial charge in [0.05, 0.1) is 12.2 Å². The summed E-state index contributed by atoms with van der Waals surface area (Å²) in [4.78, 5) is 17.9. The molecule has 0 saturated heterocycles. The summed E-state index contributed by atoms with van der Waals surface area (Å²) in [5.41, 5.74) is 3.25. The van der Waals surface area contributed by atoms with Crippen molar-refractivity contribution < 1.29 is 9.90 Å². The fraction of sp³-hybridized carbons (Fsp3) is 0.579. The molecule has 0 spiro atoms. The zero-order valence-corrected chi connectivity index (χ0v) is 14.7. The number of carbonyl (C=O) groups is 1. The van der Waals surface area contributed by atoms with E-state index in [1.54, 1.807) is 0 Å². The number of rotatable bonds is 8. The van der Waals surface area contributed by atoms with E-state index in [2.05, 4.69) is 45.0 Å². The summed E-state index contributed by atoms with van der Waals surface area (Å²) in [5.74, 6) is 0.0184. The second-order valence-electron chi connectivity index (χ2n) is 7.67. The smallest absolute Gasteiger partial charge is 0.317 e. The zero-order chi connectivity index (χ0) is 17.4. The molecule has 0 bridgehead atoms. The minimum atomic E-state index is -0.711. The molecule has 2 heterocycles. The Hall–Kier alpha value is -1.92. The van der Waals surface area contributed by atoms with Gasteiger partial charge in [0.25, 0.3) is 0 Å². The minimum absolute atomic E-state index is 0.180. The Kier molecular flexibility index (Phi) is 4.48. The van der Waals surface area contributed by atoms with Crippen molar-refractivity contribution in [2.45, 2.75) is 51.2 Å². The Morgan fingerprint density at radius 2 is 2.16 bits per heavy atom. The van der Waals surface area contributed by atoms with Crippen molar-refractivity contribution in [3.63, 3.8) is 0 Å². The molecule has 0 aromatic carbocycles. The van der Waals surface area contributed by atoms with Gasteiger partial charge in [0, 0.05) is 37.6 Å². The first-order valence-electron chi connectivity index (χ1n) is 9.20. The summed E-state index contributed by atoms with van der Waals surface area (Å²) in [7, 11) is 0. The van der Waals surface area contributed by atoms with Gasteiger partial charge in [-0.1, -0.05) is 6.07 Å². The van der Waals surface area contributed by atoms with Crippen LogP contribution in [0.4, 0.5) is 0 Å². The molecule has 25 heavy (non-hydrogen) atoms. The van der Waals surface area contributed by atoms with E-state index < -0.39 is 5.97 Å². The number of aliphatic carboxylic acids is 1. The Morgan fingerprint density at radius 3 is 2.88 bits per heavy atom. The van der Waals surface area contributed by atoms with Crippen molar-refractivity contribution in [1.29, 1.82) is 0 Å². The van der Waals surface area contributed by atoms with Gasteiger partial charge in [0.15, 0.2) is 0 Å². The third-order valence-electron chi connectivity index (χ3n) is 5.38. The third-order valence-corrected chi connectivity index (χ3v) is 5.38. The number of aryl methyl sites for hydroxylation is 1. The first-order valence-corrected chi connectivity index (χ1v) is 9.20. The van der Waals surface area contributed by atoms with E-state index in [0.717, 1.165) is 43.2 Å². The molecule has 0 radical (unpaired) electrons. The molecule has 2 N–H and O–H groups in total. The number of nitrogens with one attached hydrogen (secondary N) is 1. The molecule has 2 saturated carbocycles. The van der Waals surface area contributed by atoms with E-state index in [4.69, 9.17) is 5.11 Å². The molecule has 134 valence electrons. The van der Waals surface area contributed by atoms with Gasteiger partial charge in [0.2, 0.25) is 0 Å². The lowest BCUT2D eigenvalue weighted by Gasteiger charge is -2.43. The van der Waals surface area contributed by atoms with Crippen LogP contribution in [0.5, 0.6) is 0 Å². The average molecular weight is 342 g/mol. The number of pyridine rings is 1. The van der Waals surface area contributed by atoms with Gasteiger partial charge < -0.3 is 14.8 Å². The fourth-order valence-electron chi connectivity index (χ4n) is 3.69. The Balaban J connectivity index is 1.27. The van der Waals surface area contributed by atoms with Crippen LogP contribution < -0.4 is 5.32 Å². The highest BCUT2D eigenvalue weighted by Gasteiger charge is 2.36. The van der Waals surface area contributed by atoms with E-state index in [-0.39, 0.29) is 6.54 Å². The summed E-state index contributed by atoms with van der Waals surface area (Å²) >= 11 is 0. The van der Waals surface area contributed by atoms with E-state index in [1.165, 1.54) is 18.4 Å². The minimum Gasteiger partial charge on any atom is -0.480 e. The lowest BCUT2D eigenvalue weighted by Crippen LogP contribution is -2.54. The normalized spacial score (nSPS) is 23.1. The first kappa shape index (κ1) is 16.5. The third kappa shape index (κ3) is 4.02. The van der Waals surface area contributed by atoms with Crippen molar-refractivity contribution in [1.82, 2.24) is 19.6 Å². The number of hydrogen-bond acceptors (Lipinski definition) is 4. The van der Waals surface area contributed by atoms with Gasteiger partial charge in [0.1, 0.15) is 5.65 Å². The molecule has 0 amide bonds. The second-order valence-corrected chi connectivity index (χ2v) is 7.67. The number of carboxylic acids is 1. The topological polar surface area (TPSA) is 69.9 Å². The van der Waals surface area contributed by atoms with E-state index in [0.29, 0.717) is 12.1 Å². The predicted molar refractivity (Wildman–Crippen MR) is 95.5 cm³/mol. The summed E-state index contributed by atoms with van der Waals surface area (Å²) in [6.07, 6.45) is 8.76. The molecule has 0 atom stereocenters. The summed E-state index contributed by atoms with van der Waals surface area (Å²) in [6, 6.07) is 5.00. The van der Waals surface area contributed by atoms with Crippen LogP contribution in [0.25, 0.3) is 5.65 Å². The Bertz CT molecular complexity index is 762. The molecule has 4 rings (SSSR count). The van der Waals surface area contributed by atoms with Crippen LogP contribution in [-0.4, -0.2) is 50.5 Å². The van der Waals surface area contributed by atoms with Crippen LogP contribution in [0, 0.1) is 12.8 Å². The van der Waals surface area contributed by atoms with Crippen molar-refractivity contribution in [3.8, 4) is 0 Å². The molecule has 2 aromatic rings. The molecule has 2 fully saturated rings. The number of imidazole rings is 1. The molecule has 2 aliphatic rings. The molecule has 0 unspecified atom stereocenters. The molecule has 2 aliphatic carbocycles. The maximum absolute atomic E-state index is 11.1. The number of nitrogens with zero attached hydrogens (tertiary/aromatic N) is 3. The maximum atomic E-state index is 11.1. The van der Waals surface area contributed by atoms with Gasteiger partial charge in [-0.25, -0.2) is 4.98 Å². The van der Waals surface area contributed by atoms with Crippen molar-refractivity contribution in [2.75, 3.05) is 13.1 Å². The fourth-order valence-corrected chi connectivity index (χ4v) is 3.69. The number of fused-ring (bicyclic) bond motifs is 1. The first-order chi connectivity index (χ1) is 12.1. The van der Waals surface area contributed by atoms with Crippen LogP contribution in [0.15, 0.2) is 24.5 Å². The van der Waals surface area contributed by atoms with Crippen molar-refractivity contribution in [3.05, 3.63) is 35.8 Å². The predicted octanol–water partition coefficient (Wildman–Crippen LogP) is 2.06. The number of hydrogen-bond donors (Lipinski definition) is 2. The van der Waals surface area contributed by atoms with Gasteiger partial charge in [-0.15, -0.1) is 0 Å². The Labute approximate surface area is 147 Å². The number of aromatic nitrogens is 2. The van der Waals surface area contributed by atoms with Crippen LogP contribution in [-0.2, 0) is 11.3 Å². The summed E-state index contributed by atoms with van der Waals surface area (Å²) in [5, 5.41) is 12.7. The van der Waals surface area contributed by atoms with Crippen LogP contribution in [0.2, 0.25) is 0 Å². The standard InChI is InChI=1S/C19H26N4O2/c1-13-2-5-18-21-16(11-23(18)9-13)8-20-15-6-17(7-15)22(12-19(24)25)10-14-3-4-14/h2,5,9,11,14-15,17,20H,3-4,6-8,10,12H2,1H3,(H,24,25). The molecule has 6 heteroatoms. The Morgan fingerprint density at radius 1 is 1.36 bits per heavy atom. The van der Waals surface area contributed by atoms with Crippen LogP contribution >= 0.6 is 0 Å². The number of carboxylic acid groups (broad SMARTS) is 1. The molecule has 2 aromatic heterocycles. The molecule has 0 aliphatic heterocycles. The van der Waals surface area contributed by atoms with Crippen molar-refractivity contribution >= 4 is 11.6 Å². The highest BCUT2D eigenvalue weighted by atomic mass is 16.4. The lowest BCUT2D eigenvalue weighted by atomic mass is 9.85. The van der Waals surface area contributed by atoms with Gasteiger partial charge in [-0.2, -0.15) is 0 Å². The van der Waals surface area contributed by atoms with Gasteiger partial charge in [-0.3, -0.25) is 9.69 Å². The quantitative estimate of drug-likeness (QED) is 0.768. The van der Waals surface area contributed by atoms with Gasteiger partial charge >= 0.3 is 5.97 Å². The monoisotopic (exact) mass is 342 g/mol. The van der Waals surface area contributed by atoms with E-state index in [1.807, 2.05) is 6.07 Å². The summed E-state index contributed by atoms with van der Waals surface area (Å²) < 4.78 is 2.07. The van der Waals surface area contributed by atoms with Gasteiger partial charge in [-0.05, 0) is 50.2 Å². The average Bonchev–Trinajstić information content (AvgIpc) is 3.22. The lowest BCUT2D eigenvalue weighted by molar-refractivity contribution is -0.139. The molecular formula is C19H26N4O2. The van der Waals surface area contributed by atoms with Crippen molar-refractivity contribution in [2.24, 2.45) is 5.92 Å². The molecular weight excluding hydrogens is 316 g/mol. The molecule has 6 nitrogen and oxygen atoms in total.